The lowest BCUT2D eigenvalue weighted by Gasteiger charge is -2.14. The van der Waals surface area contributed by atoms with Crippen molar-refractivity contribution in [3.05, 3.63) is 63.6 Å². The van der Waals surface area contributed by atoms with Crippen LogP contribution in [-0.2, 0) is 0 Å². The number of rotatable bonds is 4. The number of halogens is 4. The number of hydrogen-bond acceptors (Lipinski definition) is 2. The predicted molar refractivity (Wildman–Crippen MR) is 84.8 cm³/mol. The van der Waals surface area contributed by atoms with Crippen LogP contribution in [0.4, 0.5) is 19.3 Å². The fourth-order valence-corrected chi connectivity index (χ4v) is 2.14. The molecule has 8 heteroatoms. The summed E-state index contributed by atoms with van der Waals surface area (Å²) in [4.78, 5) is 11.8. The molecule has 0 bridgehead atoms. The third kappa shape index (κ3) is 4.54. The van der Waals surface area contributed by atoms with Crippen molar-refractivity contribution in [2.24, 2.45) is 0 Å². The number of aliphatic hydroxyl groups is 1. The van der Waals surface area contributed by atoms with E-state index in [1.54, 1.807) is 18.2 Å². The molecule has 0 aliphatic rings. The number of hydrogen-bond donors (Lipinski definition) is 3. The minimum Gasteiger partial charge on any atom is -0.387 e. The molecule has 2 aromatic carbocycles. The Labute approximate surface area is 141 Å². The van der Waals surface area contributed by atoms with E-state index in [9.17, 15) is 18.7 Å². The molecular formula is C15H12Cl2F2N2O2. The van der Waals surface area contributed by atoms with E-state index in [2.05, 4.69) is 10.6 Å². The topological polar surface area (TPSA) is 61.4 Å². The van der Waals surface area contributed by atoms with Gasteiger partial charge in [-0.15, -0.1) is 0 Å². The van der Waals surface area contributed by atoms with Crippen LogP contribution < -0.4 is 10.6 Å². The summed E-state index contributed by atoms with van der Waals surface area (Å²) in [6.07, 6.45) is -1.19. The fraction of sp³-hybridized carbons (Fsp3) is 0.133. The van der Waals surface area contributed by atoms with E-state index in [-0.39, 0.29) is 22.2 Å². The van der Waals surface area contributed by atoms with Crippen LogP contribution in [0, 0.1) is 11.6 Å². The quantitative estimate of drug-likeness (QED) is 0.767. The van der Waals surface area contributed by atoms with E-state index in [0.717, 1.165) is 12.1 Å². The summed E-state index contributed by atoms with van der Waals surface area (Å²) in [7, 11) is 0. The van der Waals surface area contributed by atoms with Gasteiger partial charge in [0, 0.05) is 6.54 Å². The van der Waals surface area contributed by atoms with Crippen LogP contribution in [0.2, 0.25) is 10.0 Å². The molecule has 1 atom stereocenters. The normalized spacial score (nSPS) is 11.9. The summed E-state index contributed by atoms with van der Waals surface area (Å²) in [6.45, 7) is -0.199. The molecule has 2 rings (SSSR count). The van der Waals surface area contributed by atoms with E-state index in [1.807, 2.05) is 0 Å². The third-order valence-electron chi connectivity index (χ3n) is 2.98. The average molecular weight is 361 g/mol. The van der Waals surface area contributed by atoms with Crippen LogP contribution in [0.25, 0.3) is 0 Å². The summed E-state index contributed by atoms with van der Waals surface area (Å²) < 4.78 is 25.9. The van der Waals surface area contributed by atoms with E-state index < -0.39 is 23.8 Å². The van der Waals surface area contributed by atoms with Crippen LogP contribution in [-0.4, -0.2) is 17.7 Å². The summed E-state index contributed by atoms with van der Waals surface area (Å²) in [5.74, 6) is -2.08. The van der Waals surface area contributed by atoms with Crippen molar-refractivity contribution in [3.8, 4) is 0 Å². The Balaban J connectivity index is 1.93. The van der Waals surface area contributed by atoms with Crippen LogP contribution in [0.3, 0.4) is 0 Å². The van der Waals surface area contributed by atoms with Crippen LogP contribution in [0.5, 0.6) is 0 Å². The number of aliphatic hydroxyl groups excluding tert-OH is 1. The highest BCUT2D eigenvalue weighted by molar-refractivity contribution is 6.43. The highest BCUT2D eigenvalue weighted by Crippen LogP contribution is 2.29. The van der Waals surface area contributed by atoms with Gasteiger partial charge in [-0.3, -0.25) is 0 Å². The molecule has 0 radical (unpaired) electrons. The number of urea groups is 1. The summed E-state index contributed by atoms with van der Waals surface area (Å²) in [5.41, 5.74) is 0.448. The zero-order valence-electron chi connectivity index (χ0n) is 11.6. The lowest BCUT2D eigenvalue weighted by molar-refractivity contribution is 0.174. The molecule has 0 spiro atoms. The van der Waals surface area contributed by atoms with Crippen molar-refractivity contribution in [1.29, 1.82) is 0 Å². The number of carbonyl (C=O) groups is 1. The number of benzene rings is 2. The van der Waals surface area contributed by atoms with Crippen molar-refractivity contribution >= 4 is 34.9 Å². The monoisotopic (exact) mass is 360 g/mol. The number of nitrogens with one attached hydrogen (secondary N) is 2. The summed E-state index contributed by atoms with van der Waals surface area (Å²) >= 11 is 11.7. The van der Waals surface area contributed by atoms with Gasteiger partial charge in [0.25, 0.3) is 0 Å². The van der Waals surface area contributed by atoms with Gasteiger partial charge in [0.15, 0.2) is 11.6 Å². The van der Waals surface area contributed by atoms with Crippen molar-refractivity contribution < 1.29 is 18.7 Å². The second kappa shape index (κ2) is 7.59. The van der Waals surface area contributed by atoms with Crippen molar-refractivity contribution in [2.75, 3.05) is 11.9 Å². The zero-order valence-corrected chi connectivity index (χ0v) is 13.1. The molecule has 4 nitrogen and oxygen atoms in total. The van der Waals surface area contributed by atoms with E-state index in [1.165, 1.54) is 6.07 Å². The molecule has 1 unspecified atom stereocenters. The Morgan fingerprint density at radius 2 is 1.91 bits per heavy atom. The third-order valence-corrected chi connectivity index (χ3v) is 3.80. The maximum absolute atomic E-state index is 13.1. The predicted octanol–water partition coefficient (Wildman–Crippen LogP) is 4.13. The molecule has 0 aliphatic heterocycles. The first-order valence-corrected chi connectivity index (χ1v) is 7.26. The SMILES string of the molecule is O=C(NCC(O)c1ccc(F)c(F)c1)Nc1cccc(Cl)c1Cl. The van der Waals surface area contributed by atoms with Crippen molar-refractivity contribution in [2.45, 2.75) is 6.10 Å². The second-order valence-corrected chi connectivity index (χ2v) is 5.41. The molecular weight excluding hydrogens is 349 g/mol. The minimum atomic E-state index is -1.19. The van der Waals surface area contributed by atoms with Gasteiger partial charge in [0.2, 0.25) is 0 Å². The molecule has 0 saturated heterocycles. The lowest BCUT2D eigenvalue weighted by Crippen LogP contribution is -2.32. The molecule has 23 heavy (non-hydrogen) atoms. The first-order valence-electron chi connectivity index (χ1n) is 6.50. The first-order chi connectivity index (χ1) is 10.9. The Hall–Kier alpha value is -1.89. The Kier molecular flexibility index (Phi) is 5.76. The largest absolute Gasteiger partial charge is 0.387 e. The smallest absolute Gasteiger partial charge is 0.319 e. The fourth-order valence-electron chi connectivity index (χ4n) is 1.79. The number of carbonyl (C=O) groups excluding carboxylic acids is 1. The van der Waals surface area contributed by atoms with Crippen LogP contribution >= 0.6 is 23.2 Å². The van der Waals surface area contributed by atoms with E-state index in [4.69, 9.17) is 23.2 Å². The zero-order chi connectivity index (χ0) is 17.0. The van der Waals surface area contributed by atoms with Crippen molar-refractivity contribution in [3.63, 3.8) is 0 Å². The van der Waals surface area contributed by atoms with Gasteiger partial charge in [-0.1, -0.05) is 35.3 Å². The Morgan fingerprint density at radius 1 is 1.17 bits per heavy atom. The Morgan fingerprint density at radius 3 is 2.61 bits per heavy atom. The summed E-state index contributed by atoms with van der Waals surface area (Å²) in [5, 5.41) is 15.2. The molecule has 0 fully saturated rings. The van der Waals surface area contributed by atoms with Crippen LogP contribution in [0.15, 0.2) is 36.4 Å². The molecule has 2 aromatic rings. The first kappa shape index (κ1) is 17.5. The van der Waals surface area contributed by atoms with Gasteiger partial charge in [-0.25, -0.2) is 13.6 Å². The van der Waals surface area contributed by atoms with Gasteiger partial charge in [0.05, 0.1) is 21.8 Å². The lowest BCUT2D eigenvalue weighted by atomic mass is 10.1. The molecule has 0 aromatic heterocycles. The maximum Gasteiger partial charge on any atom is 0.319 e. The minimum absolute atomic E-state index is 0.144. The van der Waals surface area contributed by atoms with Crippen LogP contribution in [0.1, 0.15) is 11.7 Å². The van der Waals surface area contributed by atoms with Gasteiger partial charge in [-0.2, -0.15) is 0 Å². The number of anilines is 1. The molecule has 2 amide bonds. The Bertz CT molecular complexity index is 729. The molecule has 0 saturated carbocycles. The average Bonchev–Trinajstić information content (AvgIpc) is 2.52. The van der Waals surface area contributed by atoms with Gasteiger partial charge >= 0.3 is 6.03 Å². The highest BCUT2D eigenvalue weighted by atomic mass is 35.5. The number of amides is 2. The van der Waals surface area contributed by atoms with E-state index in [0.29, 0.717) is 5.69 Å². The second-order valence-electron chi connectivity index (χ2n) is 4.63. The van der Waals surface area contributed by atoms with Gasteiger partial charge < -0.3 is 15.7 Å². The van der Waals surface area contributed by atoms with Crippen molar-refractivity contribution in [1.82, 2.24) is 5.32 Å². The molecule has 0 aliphatic carbocycles. The molecule has 122 valence electrons. The summed E-state index contributed by atoms with van der Waals surface area (Å²) in [6, 6.07) is 7.11. The van der Waals surface area contributed by atoms with E-state index >= 15 is 0 Å². The van der Waals surface area contributed by atoms with Gasteiger partial charge in [-0.05, 0) is 29.8 Å². The standard InChI is InChI=1S/C15H12Cl2F2N2O2/c16-9-2-1-3-12(14(9)17)21-15(23)20-7-13(22)8-4-5-10(18)11(19)6-8/h1-6,13,22H,7H2,(H2,20,21,23). The maximum atomic E-state index is 13.1. The van der Waals surface area contributed by atoms with Gasteiger partial charge in [0.1, 0.15) is 0 Å². The molecule has 0 heterocycles. The molecule has 3 N–H and O–H groups in total. The highest BCUT2D eigenvalue weighted by Gasteiger charge is 2.13.